The van der Waals surface area contributed by atoms with Crippen molar-refractivity contribution in [1.29, 1.82) is 0 Å². The van der Waals surface area contributed by atoms with Crippen LogP contribution in [0, 0.1) is 6.92 Å². The Kier molecular flexibility index (Phi) is 6.60. The molecule has 0 unspecified atom stereocenters. The summed E-state index contributed by atoms with van der Waals surface area (Å²) >= 11 is 0. The van der Waals surface area contributed by atoms with Gasteiger partial charge < -0.3 is 19.5 Å². The van der Waals surface area contributed by atoms with Crippen molar-refractivity contribution in [1.82, 2.24) is 20.4 Å². The van der Waals surface area contributed by atoms with E-state index in [2.05, 4.69) is 20.4 Å². The lowest BCUT2D eigenvalue weighted by molar-refractivity contribution is -0.127. The van der Waals surface area contributed by atoms with Crippen LogP contribution in [0.15, 0.2) is 71.0 Å². The van der Waals surface area contributed by atoms with E-state index in [1.165, 1.54) is 6.26 Å². The number of benzene rings is 1. The highest BCUT2D eigenvalue weighted by Crippen LogP contribution is 2.16. The molecule has 0 saturated carbocycles. The van der Waals surface area contributed by atoms with Crippen LogP contribution < -0.4 is 10.2 Å². The molecular weight excluding hydrogens is 406 g/mol. The van der Waals surface area contributed by atoms with Gasteiger partial charge in [0.1, 0.15) is 11.5 Å². The lowest BCUT2D eigenvalue weighted by atomic mass is 10.2. The fourth-order valence-electron chi connectivity index (χ4n) is 3.53. The largest absolute Gasteiger partial charge is 0.465 e. The molecule has 1 fully saturated rings. The molecule has 4 rings (SSSR count). The summed E-state index contributed by atoms with van der Waals surface area (Å²) in [6.07, 6.45) is 3.87. The van der Waals surface area contributed by atoms with Crippen molar-refractivity contribution in [3.8, 4) is 0 Å². The number of amides is 2. The van der Waals surface area contributed by atoms with Crippen molar-refractivity contribution in [3.63, 3.8) is 0 Å². The van der Waals surface area contributed by atoms with Gasteiger partial charge in [0.2, 0.25) is 0 Å². The summed E-state index contributed by atoms with van der Waals surface area (Å²) in [5.41, 5.74) is 1.52. The van der Waals surface area contributed by atoms with Crippen molar-refractivity contribution < 1.29 is 14.0 Å². The standard InChI is InChI=1S/C24H25N5O3/c1-18-10-11-22(27-26-18)28-12-6-13-29(15-14-28)24(31)21(17-20-9-5-16-32-20)25-23(30)19-7-3-2-4-8-19/h2-5,7-11,16-17H,6,12-15H2,1H3,(H,25,30)/b21-17-. The average Bonchev–Trinajstić information content (AvgIpc) is 3.21. The Morgan fingerprint density at radius 1 is 0.969 bits per heavy atom. The Labute approximate surface area is 186 Å². The van der Waals surface area contributed by atoms with Gasteiger partial charge >= 0.3 is 0 Å². The van der Waals surface area contributed by atoms with Gasteiger partial charge in [-0.25, -0.2) is 0 Å². The minimum Gasteiger partial charge on any atom is -0.465 e. The number of nitrogens with one attached hydrogen (secondary N) is 1. The number of hydrogen-bond donors (Lipinski definition) is 1. The number of aryl methyl sites for hydroxylation is 1. The summed E-state index contributed by atoms with van der Waals surface area (Å²) in [5, 5.41) is 11.2. The molecular formula is C24H25N5O3. The predicted octanol–water partition coefficient (Wildman–Crippen LogP) is 2.89. The van der Waals surface area contributed by atoms with Crippen molar-refractivity contribution in [3.05, 3.63) is 83.6 Å². The van der Waals surface area contributed by atoms with Crippen LogP contribution in [-0.2, 0) is 4.79 Å². The molecule has 0 atom stereocenters. The average molecular weight is 431 g/mol. The third kappa shape index (κ3) is 5.21. The third-order valence-corrected chi connectivity index (χ3v) is 5.24. The maximum atomic E-state index is 13.4. The van der Waals surface area contributed by atoms with Crippen LogP contribution >= 0.6 is 0 Å². The Balaban J connectivity index is 1.50. The quantitative estimate of drug-likeness (QED) is 0.625. The van der Waals surface area contributed by atoms with Crippen LogP contribution in [0.5, 0.6) is 0 Å². The molecule has 1 aromatic carbocycles. The van der Waals surface area contributed by atoms with Crippen LogP contribution in [0.1, 0.15) is 28.2 Å². The number of aromatic nitrogens is 2. The van der Waals surface area contributed by atoms with Gasteiger partial charge in [-0.05, 0) is 49.7 Å². The highest BCUT2D eigenvalue weighted by atomic mass is 16.3. The Bertz CT molecular complexity index is 1080. The molecule has 8 heteroatoms. The van der Waals surface area contributed by atoms with Gasteiger partial charge in [0.15, 0.2) is 5.82 Å². The van der Waals surface area contributed by atoms with Crippen molar-refractivity contribution >= 4 is 23.7 Å². The van der Waals surface area contributed by atoms with Crippen LogP contribution in [-0.4, -0.2) is 53.1 Å². The van der Waals surface area contributed by atoms with E-state index in [0.29, 0.717) is 31.0 Å². The Hall–Kier alpha value is -3.94. The zero-order chi connectivity index (χ0) is 22.3. The summed E-state index contributed by atoms with van der Waals surface area (Å²) in [7, 11) is 0. The van der Waals surface area contributed by atoms with Gasteiger partial charge in [-0.2, -0.15) is 5.10 Å². The molecule has 3 heterocycles. The molecule has 0 spiro atoms. The van der Waals surface area contributed by atoms with Gasteiger partial charge in [0, 0.05) is 37.8 Å². The summed E-state index contributed by atoms with van der Waals surface area (Å²) < 4.78 is 5.38. The van der Waals surface area contributed by atoms with Crippen LogP contribution in [0.2, 0.25) is 0 Å². The van der Waals surface area contributed by atoms with Crippen molar-refractivity contribution in [2.45, 2.75) is 13.3 Å². The summed E-state index contributed by atoms with van der Waals surface area (Å²) in [4.78, 5) is 30.0. The molecule has 0 bridgehead atoms. The minimum atomic E-state index is -0.344. The maximum absolute atomic E-state index is 13.4. The molecule has 0 aliphatic carbocycles. The molecule has 3 aromatic rings. The van der Waals surface area contributed by atoms with E-state index in [4.69, 9.17) is 4.42 Å². The molecule has 1 aliphatic heterocycles. The zero-order valence-electron chi connectivity index (χ0n) is 17.9. The van der Waals surface area contributed by atoms with Crippen LogP contribution in [0.25, 0.3) is 6.08 Å². The van der Waals surface area contributed by atoms with Crippen LogP contribution in [0.4, 0.5) is 5.82 Å². The lowest BCUT2D eigenvalue weighted by Crippen LogP contribution is -2.40. The monoisotopic (exact) mass is 431 g/mol. The minimum absolute atomic E-state index is 0.178. The molecule has 0 radical (unpaired) electrons. The third-order valence-electron chi connectivity index (χ3n) is 5.24. The van der Waals surface area contributed by atoms with Gasteiger partial charge in [-0.3, -0.25) is 9.59 Å². The molecule has 2 aromatic heterocycles. The smallest absolute Gasteiger partial charge is 0.270 e. The van der Waals surface area contributed by atoms with E-state index < -0.39 is 0 Å². The second kappa shape index (κ2) is 9.91. The van der Waals surface area contributed by atoms with Gasteiger partial charge in [0.05, 0.1) is 12.0 Å². The number of anilines is 1. The molecule has 1 N–H and O–H groups in total. The van der Waals surface area contributed by atoms with Gasteiger partial charge in [-0.1, -0.05) is 18.2 Å². The zero-order valence-corrected chi connectivity index (χ0v) is 17.9. The van der Waals surface area contributed by atoms with E-state index in [9.17, 15) is 9.59 Å². The number of rotatable bonds is 5. The molecule has 1 aliphatic rings. The number of carbonyl (C=O) groups is 2. The molecule has 8 nitrogen and oxygen atoms in total. The first kappa shape index (κ1) is 21.3. The molecule has 32 heavy (non-hydrogen) atoms. The first-order valence-electron chi connectivity index (χ1n) is 10.6. The van der Waals surface area contributed by atoms with Crippen molar-refractivity contribution in [2.24, 2.45) is 0 Å². The summed E-state index contributed by atoms with van der Waals surface area (Å²) in [6, 6.07) is 16.2. The summed E-state index contributed by atoms with van der Waals surface area (Å²) in [6.45, 7) is 4.38. The summed E-state index contributed by atoms with van der Waals surface area (Å²) in [5.74, 6) is 0.701. The van der Waals surface area contributed by atoms with Gasteiger partial charge in [-0.15, -0.1) is 5.10 Å². The first-order valence-corrected chi connectivity index (χ1v) is 10.6. The fourth-order valence-corrected chi connectivity index (χ4v) is 3.53. The highest BCUT2D eigenvalue weighted by Gasteiger charge is 2.24. The maximum Gasteiger partial charge on any atom is 0.270 e. The van der Waals surface area contributed by atoms with E-state index in [1.54, 1.807) is 47.4 Å². The Morgan fingerprint density at radius 3 is 2.53 bits per heavy atom. The second-order valence-corrected chi connectivity index (χ2v) is 7.56. The molecule has 1 saturated heterocycles. The second-order valence-electron chi connectivity index (χ2n) is 7.56. The number of hydrogen-bond acceptors (Lipinski definition) is 6. The SMILES string of the molecule is Cc1ccc(N2CCCN(C(=O)/C(=C/c3ccco3)NC(=O)c3ccccc3)CC2)nn1. The van der Waals surface area contributed by atoms with Crippen molar-refractivity contribution in [2.75, 3.05) is 31.1 Å². The van der Waals surface area contributed by atoms with Gasteiger partial charge in [0.25, 0.3) is 11.8 Å². The number of carbonyl (C=O) groups excluding carboxylic acids is 2. The molecule has 2 amide bonds. The van der Waals surface area contributed by atoms with E-state index in [1.807, 2.05) is 25.1 Å². The molecule has 164 valence electrons. The highest BCUT2D eigenvalue weighted by molar-refractivity contribution is 6.05. The number of nitrogens with zero attached hydrogens (tertiary/aromatic N) is 4. The van der Waals surface area contributed by atoms with E-state index in [-0.39, 0.29) is 17.5 Å². The normalized spacial score (nSPS) is 14.7. The fraction of sp³-hybridized carbons (Fsp3) is 0.250. The topological polar surface area (TPSA) is 91.6 Å². The van der Waals surface area contributed by atoms with E-state index >= 15 is 0 Å². The lowest BCUT2D eigenvalue weighted by Gasteiger charge is -2.23. The first-order chi connectivity index (χ1) is 15.6. The van der Waals surface area contributed by atoms with E-state index in [0.717, 1.165) is 24.5 Å². The Morgan fingerprint density at radius 2 is 1.81 bits per heavy atom. The number of furan rings is 1. The van der Waals surface area contributed by atoms with Crippen LogP contribution in [0.3, 0.4) is 0 Å². The predicted molar refractivity (Wildman–Crippen MR) is 121 cm³/mol.